The lowest BCUT2D eigenvalue weighted by Crippen LogP contribution is -2.40. The van der Waals surface area contributed by atoms with E-state index in [9.17, 15) is 8.42 Å². The van der Waals surface area contributed by atoms with E-state index in [1.165, 1.54) is 34.3 Å². The largest absolute Gasteiger partial charge is 0.281 e. The van der Waals surface area contributed by atoms with Crippen molar-refractivity contribution in [2.24, 2.45) is 10.8 Å². The second-order valence-electron chi connectivity index (χ2n) is 9.89. The fourth-order valence-corrected chi connectivity index (χ4v) is 4.00. The summed E-state index contributed by atoms with van der Waals surface area (Å²) in [6, 6.07) is 0. The Balaban J connectivity index is 4.05. The van der Waals surface area contributed by atoms with Crippen molar-refractivity contribution in [1.82, 2.24) is 8.61 Å². The van der Waals surface area contributed by atoms with E-state index >= 15 is 0 Å². The molecule has 0 aliphatic heterocycles. The maximum absolute atomic E-state index is 12.5. The standard InChI is InChI=1S/C20H44N2O2S/c1-19(2,3)15-11-9-13-17-21(7)25(23,24)22(8)18-14-10-12-16-20(4,5)6/h9-18H2,1-8H3. The van der Waals surface area contributed by atoms with Crippen LogP contribution in [0, 0.1) is 10.8 Å². The van der Waals surface area contributed by atoms with E-state index in [1.807, 2.05) is 0 Å². The van der Waals surface area contributed by atoms with Crippen LogP contribution in [-0.4, -0.2) is 44.2 Å². The van der Waals surface area contributed by atoms with E-state index in [4.69, 9.17) is 0 Å². The van der Waals surface area contributed by atoms with Crippen LogP contribution >= 0.6 is 0 Å². The number of unbranched alkanes of at least 4 members (excludes halogenated alkanes) is 4. The third kappa shape index (κ3) is 12.8. The van der Waals surface area contributed by atoms with Crippen LogP contribution in [0.1, 0.15) is 92.9 Å². The maximum atomic E-state index is 12.5. The second kappa shape index (κ2) is 10.9. The molecule has 0 N–H and O–H groups in total. The van der Waals surface area contributed by atoms with Gasteiger partial charge in [-0.25, -0.2) is 0 Å². The Morgan fingerprint density at radius 2 is 0.920 bits per heavy atom. The average Bonchev–Trinajstić information content (AvgIpc) is 2.43. The zero-order valence-corrected chi connectivity index (χ0v) is 19.0. The number of nitrogens with zero attached hydrogens (tertiary/aromatic N) is 2. The van der Waals surface area contributed by atoms with E-state index in [0.717, 1.165) is 25.7 Å². The molecule has 0 aromatic rings. The van der Waals surface area contributed by atoms with Crippen LogP contribution in [0.5, 0.6) is 0 Å². The van der Waals surface area contributed by atoms with Gasteiger partial charge >= 0.3 is 0 Å². The molecule has 0 aliphatic rings. The fourth-order valence-electron chi connectivity index (χ4n) is 2.80. The summed E-state index contributed by atoms with van der Waals surface area (Å²) in [6.45, 7) is 14.7. The summed E-state index contributed by atoms with van der Waals surface area (Å²) >= 11 is 0. The van der Waals surface area contributed by atoms with Crippen molar-refractivity contribution in [2.45, 2.75) is 92.9 Å². The SMILES string of the molecule is CN(CCCCCC(C)(C)C)S(=O)(=O)N(C)CCCCCC(C)(C)C. The van der Waals surface area contributed by atoms with Crippen molar-refractivity contribution < 1.29 is 8.42 Å². The van der Waals surface area contributed by atoms with Gasteiger partial charge in [0.15, 0.2) is 0 Å². The Kier molecular flexibility index (Phi) is 10.8. The summed E-state index contributed by atoms with van der Waals surface area (Å²) in [5, 5.41) is 0. The molecule has 0 heterocycles. The van der Waals surface area contributed by atoms with Gasteiger partial charge in [-0.2, -0.15) is 17.0 Å². The highest BCUT2D eigenvalue weighted by Gasteiger charge is 2.22. The van der Waals surface area contributed by atoms with Crippen LogP contribution in [0.2, 0.25) is 0 Å². The first-order chi connectivity index (χ1) is 11.3. The predicted molar refractivity (Wildman–Crippen MR) is 110 cm³/mol. The van der Waals surface area contributed by atoms with Crippen LogP contribution in [0.4, 0.5) is 0 Å². The van der Waals surface area contributed by atoms with Gasteiger partial charge in [0.05, 0.1) is 0 Å². The lowest BCUT2D eigenvalue weighted by Gasteiger charge is -2.25. The Bertz CT molecular complexity index is 411. The topological polar surface area (TPSA) is 40.6 Å². The normalized spacial score (nSPS) is 13.8. The molecule has 0 aliphatic carbocycles. The highest BCUT2D eigenvalue weighted by atomic mass is 32.2. The highest BCUT2D eigenvalue weighted by molar-refractivity contribution is 7.86. The maximum Gasteiger partial charge on any atom is 0.281 e. The molecule has 0 saturated carbocycles. The fraction of sp³-hybridized carbons (Fsp3) is 1.00. The summed E-state index contributed by atoms with van der Waals surface area (Å²) < 4.78 is 28.1. The van der Waals surface area contributed by atoms with Gasteiger partial charge in [0.1, 0.15) is 0 Å². The van der Waals surface area contributed by atoms with Crippen LogP contribution in [0.3, 0.4) is 0 Å². The summed E-state index contributed by atoms with van der Waals surface area (Å²) in [5.41, 5.74) is 0.733. The molecule has 0 bridgehead atoms. The van der Waals surface area contributed by atoms with Gasteiger partial charge in [0, 0.05) is 27.2 Å². The molecule has 0 atom stereocenters. The smallest absolute Gasteiger partial charge is 0.195 e. The molecule has 0 amide bonds. The molecule has 0 saturated heterocycles. The van der Waals surface area contributed by atoms with Crippen molar-refractivity contribution >= 4 is 10.2 Å². The third-order valence-corrected chi connectivity index (χ3v) is 6.53. The third-order valence-electron chi connectivity index (χ3n) is 4.59. The van der Waals surface area contributed by atoms with Crippen molar-refractivity contribution in [1.29, 1.82) is 0 Å². The van der Waals surface area contributed by atoms with Gasteiger partial charge in [0.25, 0.3) is 10.2 Å². The second-order valence-corrected chi connectivity index (χ2v) is 12.0. The zero-order chi connectivity index (χ0) is 19.7. The van der Waals surface area contributed by atoms with Crippen molar-refractivity contribution in [3.05, 3.63) is 0 Å². The monoisotopic (exact) mass is 376 g/mol. The van der Waals surface area contributed by atoms with Gasteiger partial charge in [0.2, 0.25) is 0 Å². The Hall–Kier alpha value is -0.130. The molecule has 0 aromatic heterocycles. The minimum absolute atomic E-state index is 0.366. The van der Waals surface area contributed by atoms with Gasteiger partial charge in [-0.1, -0.05) is 67.2 Å². The van der Waals surface area contributed by atoms with E-state index < -0.39 is 10.2 Å². The minimum Gasteiger partial charge on any atom is -0.195 e. The quantitative estimate of drug-likeness (QED) is 0.433. The Labute approximate surface area is 158 Å². The first-order valence-electron chi connectivity index (χ1n) is 9.93. The first kappa shape index (κ1) is 24.9. The predicted octanol–water partition coefficient (Wildman–Crippen LogP) is 5.31. The van der Waals surface area contributed by atoms with Crippen LogP contribution in [0.15, 0.2) is 0 Å². The molecule has 0 aromatic carbocycles. The van der Waals surface area contributed by atoms with Crippen LogP contribution < -0.4 is 0 Å². The van der Waals surface area contributed by atoms with Crippen molar-refractivity contribution in [3.63, 3.8) is 0 Å². The summed E-state index contributed by atoms with van der Waals surface area (Å²) in [4.78, 5) is 0. The summed E-state index contributed by atoms with van der Waals surface area (Å²) in [6.07, 6.45) is 8.77. The molecule has 0 spiro atoms. The molecular formula is C20H44N2O2S. The van der Waals surface area contributed by atoms with E-state index in [2.05, 4.69) is 41.5 Å². The van der Waals surface area contributed by atoms with E-state index in [1.54, 1.807) is 14.1 Å². The minimum atomic E-state index is -3.30. The summed E-state index contributed by atoms with van der Waals surface area (Å²) in [7, 11) is 0.104. The zero-order valence-electron chi connectivity index (χ0n) is 18.2. The molecular weight excluding hydrogens is 332 g/mol. The van der Waals surface area contributed by atoms with Gasteiger partial charge in [-0.15, -0.1) is 0 Å². The lowest BCUT2D eigenvalue weighted by atomic mass is 9.89. The van der Waals surface area contributed by atoms with Crippen LogP contribution in [0.25, 0.3) is 0 Å². The molecule has 0 radical (unpaired) electrons. The van der Waals surface area contributed by atoms with E-state index in [-0.39, 0.29) is 0 Å². The molecule has 0 unspecified atom stereocenters. The van der Waals surface area contributed by atoms with E-state index in [0.29, 0.717) is 23.9 Å². The number of hydrogen-bond donors (Lipinski definition) is 0. The van der Waals surface area contributed by atoms with Crippen molar-refractivity contribution in [3.8, 4) is 0 Å². The average molecular weight is 377 g/mol. The molecule has 0 fully saturated rings. The number of rotatable bonds is 12. The first-order valence-corrected chi connectivity index (χ1v) is 11.3. The molecule has 0 rings (SSSR count). The Morgan fingerprint density at radius 1 is 0.600 bits per heavy atom. The van der Waals surface area contributed by atoms with Crippen LogP contribution in [-0.2, 0) is 10.2 Å². The molecule has 5 heteroatoms. The van der Waals surface area contributed by atoms with Gasteiger partial charge in [-0.05, 0) is 36.5 Å². The highest BCUT2D eigenvalue weighted by Crippen LogP contribution is 2.23. The van der Waals surface area contributed by atoms with Gasteiger partial charge in [-0.3, -0.25) is 0 Å². The lowest BCUT2D eigenvalue weighted by molar-refractivity contribution is 0.341. The van der Waals surface area contributed by atoms with Gasteiger partial charge < -0.3 is 0 Å². The molecule has 4 nitrogen and oxygen atoms in total. The van der Waals surface area contributed by atoms with Crippen molar-refractivity contribution in [2.75, 3.05) is 27.2 Å². The Morgan fingerprint density at radius 3 is 1.20 bits per heavy atom. The number of hydrogen-bond acceptors (Lipinski definition) is 2. The molecule has 152 valence electrons. The molecule has 25 heavy (non-hydrogen) atoms. The summed E-state index contributed by atoms with van der Waals surface area (Å²) in [5.74, 6) is 0.